The lowest BCUT2D eigenvalue weighted by Gasteiger charge is -2.37. The Balaban J connectivity index is 1.75. The third-order valence-electron chi connectivity index (χ3n) is 5.16. The van der Waals surface area contributed by atoms with E-state index in [0.717, 1.165) is 0 Å². The summed E-state index contributed by atoms with van der Waals surface area (Å²) in [6.45, 7) is 2.94. The molecule has 2 unspecified atom stereocenters. The Morgan fingerprint density at radius 1 is 1.32 bits per heavy atom. The summed E-state index contributed by atoms with van der Waals surface area (Å²) >= 11 is 0. The van der Waals surface area contributed by atoms with Crippen LogP contribution in [0.25, 0.3) is 11.4 Å². The number of halogens is 3. The number of carbonyl (C=O) groups is 2. The largest absolute Gasteiger partial charge is 0.471 e. The van der Waals surface area contributed by atoms with Gasteiger partial charge in [-0.3, -0.25) is 9.59 Å². The summed E-state index contributed by atoms with van der Waals surface area (Å²) in [7, 11) is 1.54. The highest BCUT2D eigenvalue weighted by molar-refractivity contribution is 5.96. The van der Waals surface area contributed by atoms with Crippen molar-refractivity contribution < 1.29 is 32.0 Å². The number of carbonyl (C=O) groups excluding carboxylic acids is 2. The number of amides is 2. The molecular weight excluding hydrogens is 417 g/mol. The monoisotopic (exact) mass is 440 g/mol. The van der Waals surface area contributed by atoms with Crippen molar-refractivity contribution in [1.29, 1.82) is 0 Å². The fourth-order valence-electron chi connectivity index (χ4n) is 3.44. The van der Waals surface area contributed by atoms with Gasteiger partial charge in [0.1, 0.15) is 0 Å². The molecule has 1 aromatic heterocycles. The number of ether oxygens (including phenoxy) is 1. The molecule has 0 radical (unpaired) electrons. The van der Waals surface area contributed by atoms with E-state index in [-0.39, 0.29) is 47.3 Å². The van der Waals surface area contributed by atoms with Crippen molar-refractivity contribution in [3.63, 3.8) is 0 Å². The standard InChI is InChI=1S/C20H23F3N4O4/c1-12-6-7-15(17(28)24-8-9-30-2)11-27(12)18(29)14-5-3-4-13(10-14)16-25-19(31-26-16)20(21,22)23/h3-5,10,12,15H,6-9,11H2,1-2H3,(H,24,28). The summed E-state index contributed by atoms with van der Waals surface area (Å²) < 4.78 is 47.3. The Morgan fingerprint density at radius 3 is 2.77 bits per heavy atom. The number of rotatable bonds is 6. The average molecular weight is 440 g/mol. The van der Waals surface area contributed by atoms with Gasteiger partial charge in [0.15, 0.2) is 0 Å². The Hall–Kier alpha value is -2.95. The van der Waals surface area contributed by atoms with Crippen LogP contribution in [-0.4, -0.2) is 59.7 Å². The molecule has 1 aliphatic rings. The molecule has 0 aliphatic carbocycles. The minimum Gasteiger partial charge on any atom is -0.383 e. The van der Waals surface area contributed by atoms with Crippen molar-refractivity contribution in [2.75, 3.05) is 26.8 Å². The van der Waals surface area contributed by atoms with Gasteiger partial charge in [-0.1, -0.05) is 17.3 Å². The molecule has 2 amide bonds. The van der Waals surface area contributed by atoms with Gasteiger partial charge in [0.2, 0.25) is 11.7 Å². The second-order valence-electron chi connectivity index (χ2n) is 7.37. The topological polar surface area (TPSA) is 97.6 Å². The lowest BCUT2D eigenvalue weighted by molar-refractivity contribution is -0.159. The summed E-state index contributed by atoms with van der Waals surface area (Å²) in [5, 5.41) is 6.15. The van der Waals surface area contributed by atoms with Crippen LogP contribution in [0.2, 0.25) is 0 Å². The molecular formula is C20H23F3N4O4. The molecule has 0 bridgehead atoms. The average Bonchev–Trinajstić information content (AvgIpc) is 3.25. The summed E-state index contributed by atoms with van der Waals surface area (Å²) in [6, 6.07) is 5.93. The minimum absolute atomic E-state index is 0.0822. The SMILES string of the molecule is COCCNC(=O)C1CCC(C)N(C(=O)c2cccc(-c3noc(C(F)(F)F)n3)c2)C1. The van der Waals surface area contributed by atoms with Gasteiger partial charge in [0, 0.05) is 37.4 Å². The third-order valence-corrected chi connectivity index (χ3v) is 5.16. The van der Waals surface area contributed by atoms with Gasteiger partial charge in [0.05, 0.1) is 12.5 Å². The predicted molar refractivity (Wildman–Crippen MR) is 103 cm³/mol. The van der Waals surface area contributed by atoms with Crippen molar-refractivity contribution in [3.8, 4) is 11.4 Å². The zero-order valence-corrected chi connectivity index (χ0v) is 17.1. The zero-order chi connectivity index (χ0) is 22.6. The number of aromatic nitrogens is 2. The predicted octanol–water partition coefficient (Wildman–Crippen LogP) is 2.76. The fraction of sp³-hybridized carbons (Fsp3) is 0.500. The van der Waals surface area contributed by atoms with Crippen LogP contribution in [0.4, 0.5) is 13.2 Å². The molecule has 11 heteroatoms. The minimum atomic E-state index is -4.75. The van der Waals surface area contributed by atoms with E-state index < -0.39 is 12.1 Å². The van der Waals surface area contributed by atoms with Gasteiger partial charge in [-0.25, -0.2) is 0 Å². The normalized spacial score (nSPS) is 19.3. The number of hydrogen-bond acceptors (Lipinski definition) is 6. The van der Waals surface area contributed by atoms with Crippen molar-refractivity contribution in [1.82, 2.24) is 20.4 Å². The van der Waals surface area contributed by atoms with E-state index in [9.17, 15) is 22.8 Å². The molecule has 1 N–H and O–H groups in total. The van der Waals surface area contributed by atoms with E-state index in [0.29, 0.717) is 26.0 Å². The van der Waals surface area contributed by atoms with Crippen molar-refractivity contribution in [2.24, 2.45) is 5.92 Å². The summed E-state index contributed by atoms with van der Waals surface area (Å²) in [5.74, 6) is -2.51. The number of hydrogen-bond donors (Lipinski definition) is 1. The van der Waals surface area contributed by atoms with Crippen molar-refractivity contribution in [3.05, 3.63) is 35.7 Å². The summed E-state index contributed by atoms with van der Waals surface area (Å²) in [5.41, 5.74) is 0.492. The molecule has 1 aliphatic heterocycles. The molecule has 0 saturated carbocycles. The van der Waals surface area contributed by atoms with Crippen molar-refractivity contribution >= 4 is 11.8 Å². The summed E-state index contributed by atoms with van der Waals surface area (Å²) in [6.07, 6.45) is -3.43. The molecule has 31 heavy (non-hydrogen) atoms. The van der Waals surface area contributed by atoms with Crippen LogP contribution in [0.1, 0.15) is 36.0 Å². The second kappa shape index (κ2) is 9.46. The van der Waals surface area contributed by atoms with Gasteiger partial charge in [-0.05, 0) is 31.9 Å². The van der Waals surface area contributed by atoms with E-state index in [1.165, 1.54) is 18.2 Å². The Bertz CT molecular complexity index is 931. The smallest absolute Gasteiger partial charge is 0.383 e. The molecule has 8 nitrogen and oxygen atoms in total. The molecule has 3 rings (SSSR count). The lowest BCUT2D eigenvalue weighted by atomic mass is 9.92. The first-order valence-corrected chi connectivity index (χ1v) is 9.79. The number of nitrogens with zero attached hydrogens (tertiary/aromatic N) is 3. The first kappa shape index (κ1) is 22.7. The molecule has 1 saturated heterocycles. The number of benzene rings is 1. The van der Waals surface area contributed by atoms with Crippen LogP contribution in [0.15, 0.2) is 28.8 Å². The van der Waals surface area contributed by atoms with Crippen LogP contribution < -0.4 is 5.32 Å². The molecule has 2 heterocycles. The lowest BCUT2D eigenvalue weighted by Crippen LogP contribution is -2.49. The maximum Gasteiger partial charge on any atom is 0.471 e. The van der Waals surface area contributed by atoms with Crippen LogP contribution >= 0.6 is 0 Å². The maximum absolute atomic E-state index is 13.1. The third kappa shape index (κ3) is 5.40. The highest BCUT2D eigenvalue weighted by Crippen LogP contribution is 2.30. The number of piperidine rings is 1. The number of nitrogens with one attached hydrogen (secondary N) is 1. The van der Waals surface area contributed by atoms with Gasteiger partial charge in [-0.15, -0.1) is 0 Å². The number of likely N-dealkylation sites (tertiary alicyclic amines) is 1. The van der Waals surface area contributed by atoms with Crippen LogP contribution in [0.3, 0.4) is 0 Å². The molecule has 2 aromatic rings. The Kier molecular flexibility index (Phi) is 6.94. The van der Waals surface area contributed by atoms with Gasteiger partial charge in [-0.2, -0.15) is 18.2 Å². The van der Waals surface area contributed by atoms with E-state index in [2.05, 4.69) is 20.0 Å². The first-order valence-electron chi connectivity index (χ1n) is 9.79. The second-order valence-corrected chi connectivity index (χ2v) is 7.37. The van der Waals surface area contributed by atoms with E-state index in [1.807, 2.05) is 6.92 Å². The number of alkyl halides is 3. The summed E-state index contributed by atoms with van der Waals surface area (Å²) in [4.78, 5) is 30.5. The fourth-order valence-corrected chi connectivity index (χ4v) is 3.44. The molecule has 168 valence electrons. The van der Waals surface area contributed by atoms with Gasteiger partial charge in [0.25, 0.3) is 5.91 Å². The van der Waals surface area contributed by atoms with Crippen LogP contribution in [0, 0.1) is 5.92 Å². The maximum atomic E-state index is 13.1. The Morgan fingerprint density at radius 2 is 2.10 bits per heavy atom. The zero-order valence-electron chi connectivity index (χ0n) is 17.1. The molecule has 2 atom stereocenters. The molecule has 1 aromatic carbocycles. The van der Waals surface area contributed by atoms with Crippen LogP contribution in [-0.2, 0) is 15.7 Å². The number of methoxy groups -OCH3 is 1. The van der Waals surface area contributed by atoms with Gasteiger partial charge >= 0.3 is 12.1 Å². The van der Waals surface area contributed by atoms with Gasteiger partial charge < -0.3 is 19.5 Å². The van der Waals surface area contributed by atoms with E-state index in [1.54, 1.807) is 18.1 Å². The van der Waals surface area contributed by atoms with E-state index in [4.69, 9.17) is 4.74 Å². The quantitative estimate of drug-likeness (QED) is 0.694. The highest BCUT2D eigenvalue weighted by atomic mass is 19.4. The molecule has 0 spiro atoms. The van der Waals surface area contributed by atoms with E-state index >= 15 is 0 Å². The Labute approximate surface area is 176 Å². The highest BCUT2D eigenvalue weighted by Gasteiger charge is 2.38. The first-order chi connectivity index (χ1) is 14.7. The molecule has 1 fully saturated rings. The van der Waals surface area contributed by atoms with Crippen molar-refractivity contribution in [2.45, 2.75) is 32.0 Å². The van der Waals surface area contributed by atoms with Crippen LogP contribution in [0.5, 0.6) is 0 Å².